The highest BCUT2D eigenvalue weighted by Gasteiger charge is 2.46. The summed E-state index contributed by atoms with van der Waals surface area (Å²) < 4.78 is 54.3. The zero-order valence-electron chi connectivity index (χ0n) is 42.8. The van der Waals surface area contributed by atoms with Crippen molar-refractivity contribution in [3.63, 3.8) is 0 Å². The lowest BCUT2D eigenvalue weighted by Crippen LogP contribution is -2.60. The second-order valence-corrected chi connectivity index (χ2v) is 21.1. The number of carbonyl (C=O) groups excluding carboxylic acids is 2. The van der Waals surface area contributed by atoms with Crippen LogP contribution in [0.3, 0.4) is 0 Å². The van der Waals surface area contributed by atoms with Crippen LogP contribution in [0.15, 0.2) is 12.2 Å². The largest absolute Gasteiger partial charge is 0.462 e. The number of unbranched alkanes of at least 4 members (excludes halogenated alkanes) is 34. The molecule has 0 aromatic carbocycles. The first-order valence-corrected chi connectivity index (χ1v) is 29.4. The Morgan fingerprint density at radius 3 is 1.24 bits per heavy atom. The summed E-state index contributed by atoms with van der Waals surface area (Å²) in [6, 6.07) is 0. The van der Waals surface area contributed by atoms with Crippen molar-refractivity contribution < 1.29 is 56.8 Å². The summed E-state index contributed by atoms with van der Waals surface area (Å²) in [4.78, 5) is 25.6. The Balaban J connectivity index is 2.32. The summed E-state index contributed by atoms with van der Waals surface area (Å²) in [6.45, 7) is 3.81. The van der Waals surface area contributed by atoms with E-state index in [0.717, 1.165) is 38.5 Å². The standard InChI is InChI=1S/C54H102O12S/c1-3-5-7-9-11-13-15-17-19-21-23-24-25-27-28-30-32-34-36-38-40-42-49(55)63-44-47(45-64-54-53(59)52(58)51(57)48(66-54)46-67(60,61)62)65-50(56)43-41-39-37-35-33-31-29-26-22-20-18-16-14-12-10-8-6-4-2/h17,19,47-48,51-54,57-59H,3-16,18,20-46H2,1-2H3,(H,60,61,62)/b19-17+/t47-,48-,51-,52?,53?,54+/m1/s1. The van der Waals surface area contributed by atoms with Gasteiger partial charge in [-0.2, -0.15) is 8.42 Å². The number of aliphatic hydroxyl groups excluding tert-OH is 3. The fourth-order valence-corrected chi connectivity index (χ4v) is 9.48. The van der Waals surface area contributed by atoms with Gasteiger partial charge in [0, 0.05) is 12.8 Å². The van der Waals surface area contributed by atoms with E-state index >= 15 is 0 Å². The van der Waals surface area contributed by atoms with Crippen LogP contribution < -0.4 is 0 Å². The van der Waals surface area contributed by atoms with Gasteiger partial charge in [0.25, 0.3) is 10.1 Å². The van der Waals surface area contributed by atoms with Crippen LogP contribution in [0.5, 0.6) is 0 Å². The maximum Gasteiger partial charge on any atom is 0.306 e. The molecule has 0 spiro atoms. The van der Waals surface area contributed by atoms with Gasteiger partial charge in [-0.15, -0.1) is 0 Å². The van der Waals surface area contributed by atoms with Gasteiger partial charge in [0.1, 0.15) is 36.8 Å². The molecule has 396 valence electrons. The third kappa shape index (κ3) is 38.8. The average Bonchev–Trinajstić information content (AvgIpc) is 3.30. The Morgan fingerprint density at radius 1 is 0.493 bits per heavy atom. The predicted octanol–water partition coefficient (Wildman–Crippen LogP) is 13.0. The Morgan fingerprint density at radius 2 is 0.851 bits per heavy atom. The van der Waals surface area contributed by atoms with Gasteiger partial charge in [0.2, 0.25) is 0 Å². The highest BCUT2D eigenvalue weighted by atomic mass is 32.2. The zero-order chi connectivity index (χ0) is 49.1. The first-order chi connectivity index (χ1) is 32.5. The van der Waals surface area contributed by atoms with E-state index in [4.69, 9.17) is 18.9 Å². The Kier molecular flexibility index (Phi) is 42.0. The molecule has 1 heterocycles. The number of allylic oxidation sites excluding steroid dienone is 2. The summed E-state index contributed by atoms with van der Waals surface area (Å²) in [5, 5.41) is 31.0. The van der Waals surface area contributed by atoms with Crippen molar-refractivity contribution in [3.05, 3.63) is 12.2 Å². The Hall–Kier alpha value is -1.61. The fraction of sp³-hybridized carbons (Fsp3) is 0.926. The van der Waals surface area contributed by atoms with Gasteiger partial charge in [-0.25, -0.2) is 0 Å². The molecule has 0 radical (unpaired) electrons. The summed E-state index contributed by atoms with van der Waals surface area (Å²) in [7, 11) is -4.60. The summed E-state index contributed by atoms with van der Waals surface area (Å²) in [5.74, 6) is -1.96. The normalized spacial score (nSPS) is 19.3. The summed E-state index contributed by atoms with van der Waals surface area (Å²) >= 11 is 0. The van der Waals surface area contributed by atoms with Gasteiger partial charge in [-0.3, -0.25) is 14.1 Å². The Labute approximate surface area is 409 Å². The number of aliphatic hydroxyl groups is 3. The SMILES string of the molecule is CCCCCCCC/C=C/CCCCCCCCCCCCCC(=O)OC[C@H](CO[C@H]1O[C@H](CS(=O)(=O)O)[C@@H](O)C(O)C1O)OC(=O)CCCCCCCCCCCCCCCCCCCC. The molecule has 1 aliphatic rings. The van der Waals surface area contributed by atoms with Crippen LogP contribution in [0.1, 0.15) is 264 Å². The van der Waals surface area contributed by atoms with Crippen molar-refractivity contribution in [1.29, 1.82) is 0 Å². The van der Waals surface area contributed by atoms with Gasteiger partial charge >= 0.3 is 11.9 Å². The summed E-state index contributed by atoms with van der Waals surface area (Å²) in [6.07, 6.45) is 41.1. The quantitative estimate of drug-likeness (QED) is 0.0196. The second-order valence-electron chi connectivity index (χ2n) is 19.6. The van der Waals surface area contributed by atoms with Crippen LogP contribution in [0, 0.1) is 0 Å². The molecule has 1 saturated heterocycles. The van der Waals surface area contributed by atoms with Gasteiger partial charge in [0.05, 0.1) is 6.61 Å². The zero-order valence-corrected chi connectivity index (χ0v) is 43.6. The molecule has 0 aromatic rings. The van der Waals surface area contributed by atoms with Crippen molar-refractivity contribution in [2.45, 2.75) is 301 Å². The lowest BCUT2D eigenvalue weighted by molar-refractivity contribution is -0.297. The van der Waals surface area contributed by atoms with Crippen molar-refractivity contribution >= 4 is 22.1 Å². The monoisotopic (exact) mass is 975 g/mol. The molecule has 0 amide bonds. The molecule has 0 aromatic heterocycles. The van der Waals surface area contributed by atoms with Crippen LogP contribution in [0.4, 0.5) is 0 Å². The van der Waals surface area contributed by atoms with E-state index in [2.05, 4.69) is 26.0 Å². The van der Waals surface area contributed by atoms with E-state index in [0.29, 0.717) is 12.8 Å². The van der Waals surface area contributed by atoms with Crippen LogP contribution in [0.2, 0.25) is 0 Å². The van der Waals surface area contributed by atoms with Crippen LogP contribution in [-0.4, -0.2) is 96.0 Å². The van der Waals surface area contributed by atoms with E-state index in [1.807, 2.05) is 0 Å². The van der Waals surface area contributed by atoms with Crippen molar-refractivity contribution in [2.24, 2.45) is 0 Å². The molecular weight excluding hydrogens is 873 g/mol. The Bertz CT molecular complexity index is 1280. The van der Waals surface area contributed by atoms with Crippen molar-refractivity contribution in [1.82, 2.24) is 0 Å². The van der Waals surface area contributed by atoms with Crippen molar-refractivity contribution in [3.8, 4) is 0 Å². The highest BCUT2D eigenvalue weighted by molar-refractivity contribution is 7.85. The maximum atomic E-state index is 12.9. The number of hydrogen-bond donors (Lipinski definition) is 4. The molecule has 2 unspecified atom stereocenters. The molecule has 1 rings (SSSR count). The smallest absolute Gasteiger partial charge is 0.306 e. The highest BCUT2D eigenvalue weighted by Crippen LogP contribution is 2.24. The molecule has 1 aliphatic heterocycles. The van der Waals surface area contributed by atoms with Gasteiger partial charge in [-0.05, 0) is 38.5 Å². The number of rotatable bonds is 48. The van der Waals surface area contributed by atoms with Crippen LogP contribution >= 0.6 is 0 Å². The first kappa shape index (κ1) is 63.4. The number of carbonyl (C=O) groups is 2. The molecule has 12 nitrogen and oxygen atoms in total. The van der Waals surface area contributed by atoms with Crippen LogP contribution in [-0.2, 0) is 38.7 Å². The lowest BCUT2D eigenvalue weighted by Gasteiger charge is -2.40. The van der Waals surface area contributed by atoms with Gasteiger partial charge in [0.15, 0.2) is 12.4 Å². The van der Waals surface area contributed by atoms with E-state index in [-0.39, 0.29) is 19.4 Å². The van der Waals surface area contributed by atoms with E-state index in [1.54, 1.807) is 0 Å². The minimum Gasteiger partial charge on any atom is -0.462 e. The molecule has 1 fully saturated rings. The third-order valence-corrected chi connectivity index (χ3v) is 13.8. The molecule has 0 saturated carbocycles. The first-order valence-electron chi connectivity index (χ1n) is 27.7. The van der Waals surface area contributed by atoms with Crippen molar-refractivity contribution in [2.75, 3.05) is 19.0 Å². The second kappa shape index (κ2) is 44.3. The molecule has 4 N–H and O–H groups in total. The number of esters is 2. The third-order valence-electron chi connectivity index (χ3n) is 13.1. The van der Waals surface area contributed by atoms with Gasteiger partial charge in [-0.1, -0.05) is 225 Å². The molecule has 0 aliphatic carbocycles. The van der Waals surface area contributed by atoms with E-state index in [1.165, 1.54) is 186 Å². The lowest BCUT2D eigenvalue weighted by atomic mass is 10.00. The number of hydrogen-bond acceptors (Lipinski definition) is 11. The predicted molar refractivity (Wildman–Crippen MR) is 270 cm³/mol. The maximum absolute atomic E-state index is 12.9. The molecule has 6 atom stereocenters. The minimum absolute atomic E-state index is 0.171. The number of ether oxygens (including phenoxy) is 4. The molecule has 13 heteroatoms. The van der Waals surface area contributed by atoms with E-state index < -0.39 is 71.2 Å². The average molecular weight is 975 g/mol. The van der Waals surface area contributed by atoms with Crippen LogP contribution in [0.25, 0.3) is 0 Å². The fourth-order valence-electron chi connectivity index (χ4n) is 8.79. The molecule has 0 bridgehead atoms. The molecule has 67 heavy (non-hydrogen) atoms. The van der Waals surface area contributed by atoms with E-state index in [9.17, 15) is 37.9 Å². The minimum atomic E-state index is -4.60. The summed E-state index contributed by atoms with van der Waals surface area (Å²) in [5.41, 5.74) is 0. The molecular formula is C54H102O12S. The topological polar surface area (TPSA) is 186 Å². The van der Waals surface area contributed by atoms with Gasteiger partial charge < -0.3 is 34.3 Å².